The Hall–Kier alpha value is -0.650. The summed E-state index contributed by atoms with van der Waals surface area (Å²) in [6.45, 7) is 2.13. The van der Waals surface area contributed by atoms with Crippen LogP contribution in [0.15, 0.2) is 0 Å². The van der Waals surface area contributed by atoms with Crippen molar-refractivity contribution >= 4 is 5.97 Å². The summed E-state index contributed by atoms with van der Waals surface area (Å²) < 4.78 is 15.7. The zero-order chi connectivity index (χ0) is 10.7. The van der Waals surface area contributed by atoms with Crippen LogP contribution in [0.5, 0.6) is 0 Å². The fourth-order valence-electron chi connectivity index (χ4n) is 1.80. The largest absolute Gasteiger partial charge is 0.461 e. The fourth-order valence-corrected chi connectivity index (χ4v) is 1.80. The van der Waals surface area contributed by atoms with Crippen LogP contribution < -0.4 is 5.73 Å². The second-order valence-corrected chi connectivity index (χ2v) is 4.18. The van der Waals surface area contributed by atoms with Crippen molar-refractivity contribution in [2.24, 2.45) is 5.73 Å². The van der Waals surface area contributed by atoms with E-state index in [-0.39, 0.29) is 18.7 Å². The summed E-state index contributed by atoms with van der Waals surface area (Å²) in [6.07, 6.45) is 2.05. The average molecular weight is 215 g/mol. The van der Waals surface area contributed by atoms with Gasteiger partial charge in [0.2, 0.25) is 0 Å². The van der Waals surface area contributed by atoms with Crippen LogP contribution in [0.25, 0.3) is 0 Å². The van der Waals surface area contributed by atoms with Crippen molar-refractivity contribution in [2.45, 2.75) is 30.9 Å². The smallest absolute Gasteiger partial charge is 0.328 e. The second kappa shape index (κ2) is 4.47. The van der Waals surface area contributed by atoms with Gasteiger partial charge in [0.05, 0.1) is 19.8 Å². The van der Waals surface area contributed by atoms with E-state index in [0.717, 1.165) is 12.8 Å². The minimum Gasteiger partial charge on any atom is -0.461 e. The number of nitrogens with two attached hydrogens (primary N) is 1. The number of rotatable bonds is 2. The van der Waals surface area contributed by atoms with Crippen molar-refractivity contribution in [3.8, 4) is 0 Å². The number of carbonyl (C=O) groups excluding carboxylic acids is 1. The first-order valence-corrected chi connectivity index (χ1v) is 5.36. The Morgan fingerprint density at radius 2 is 2.00 bits per heavy atom. The van der Waals surface area contributed by atoms with E-state index in [0.29, 0.717) is 26.2 Å². The summed E-state index contributed by atoms with van der Waals surface area (Å²) in [6, 6.07) is 0. The third kappa shape index (κ3) is 2.48. The molecule has 0 aromatic carbocycles. The van der Waals surface area contributed by atoms with Crippen molar-refractivity contribution < 1.29 is 19.0 Å². The number of ether oxygens (including phenoxy) is 3. The molecular weight excluding hydrogens is 198 g/mol. The lowest BCUT2D eigenvalue weighted by atomic mass is 10.0. The van der Waals surface area contributed by atoms with Crippen LogP contribution in [-0.2, 0) is 19.0 Å². The fraction of sp³-hybridized carbons (Fsp3) is 0.900. The van der Waals surface area contributed by atoms with Gasteiger partial charge in [-0.25, -0.2) is 4.79 Å². The van der Waals surface area contributed by atoms with Gasteiger partial charge in [-0.05, 0) is 0 Å². The van der Waals surface area contributed by atoms with Gasteiger partial charge in [0, 0.05) is 25.9 Å². The molecule has 2 fully saturated rings. The molecule has 1 unspecified atom stereocenters. The first kappa shape index (κ1) is 10.9. The van der Waals surface area contributed by atoms with Crippen LogP contribution >= 0.6 is 0 Å². The molecule has 2 saturated heterocycles. The molecule has 2 heterocycles. The van der Waals surface area contributed by atoms with Gasteiger partial charge in [0.15, 0.2) is 0 Å². The molecular formula is C10H17NO4. The molecule has 5 heteroatoms. The molecule has 15 heavy (non-hydrogen) atoms. The Morgan fingerprint density at radius 3 is 2.60 bits per heavy atom. The van der Waals surface area contributed by atoms with E-state index < -0.39 is 5.54 Å². The Balaban J connectivity index is 1.85. The molecule has 5 nitrogen and oxygen atoms in total. The maximum Gasteiger partial charge on any atom is 0.328 e. The molecule has 2 rings (SSSR count). The quantitative estimate of drug-likeness (QED) is 0.647. The van der Waals surface area contributed by atoms with Crippen LogP contribution in [0.4, 0.5) is 0 Å². The topological polar surface area (TPSA) is 70.8 Å². The van der Waals surface area contributed by atoms with E-state index in [9.17, 15) is 4.79 Å². The summed E-state index contributed by atoms with van der Waals surface area (Å²) in [5.74, 6) is -0.327. The molecule has 0 aromatic rings. The normalized spacial score (nSPS) is 32.9. The third-order valence-corrected chi connectivity index (χ3v) is 2.90. The van der Waals surface area contributed by atoms with Crippen molar-refractivity contribution in [2.75, 3.05) is 26.4 Å². The highest BCUT2D eigenvalue weighted by molar-refractivity contribution is 5.81. The molecule has 0 spiro atoms. The van der Waals surface area contributed by atoms with E-state index in [4.69, 9.17) is 19.9 Å². The molecule has 1 atom stereocenters. The average Bonchev–Trinajstić information content (AvgIpc) is 2.68. The van der Waals surface area contributed by atoms with Crippen molar-refractivity contribution in [1.82, 2.24) is 0 Å². The third-order valence-electron chi connectivity index (χ3n) is 2.90. The summed E-state index contributed by atoms with van der Waals surface area (Å²) in [5, 5.41) is 0. The number of carbonyl (C=O) groups is 1. The van der Waals surface area contributed by atoms with E-state index in [1.165, 1.54) is 0 Å². The van der Waals surface area contributed by atoms with Gasteiger partial charge in [-0.15, -0.1) is 0 Å². The van der Waals surface area contributed by atoms with Gasteiger partial charge in [-0.2, -0.15) is 0 Å². The number of hydrogen-bond donors (Lipinski definition) is 1. The van der Waals surface area contributed by atoms with Gasteiger partial charge in [0.25, 0.3) is 0 Å². The minimum absolute atomic E-state index is 0.0349. The van der Waals surface area contributed by atoms with E-state index in [1.807, 2.05) is 0 Å². The number of esters is 1. The van der Waals surface area contributed by atoms with E-state index in [2.05, 4.69) is 0 Å². The monoisotopic (exact) mass is 215 g/mol. The Morgan fingerprint density at radius 1 is 1.27 bits per heavy atom. The van der Waals surface area contributed by atoms with Crippen LogP contribution in [0.2, 0.25) is 0 Å². The zero-order valence-corrected chi connectivity index (χ0v) is 8.74. The van der Waals surface area contributed by atoms with Crippen molar-refractivity contribution in [3.05, 3.63) is 0 Å². The molecule has 2 N–H and O–H groups in total. The van der Waals surface area contributed by atoms with Gasteiger partial charge in [0.1, 0.15) is 11.6 Å². The summed E-state index contributed by atoms with van der Waals surface area (Å²) in [7, 11) is 0. The lowest BCUT2D eigenvalue weighted by Gasteiger charge is -2.26. The van der Waals surface area contributed by atoms with Crippen LogP contribution in [-0.4, -0.2) is 44.0 Å². The molecule has 0 saturated carbocycles. The van der Waals surface area contributed by atoms with Crippen molar-refractivity contribution in [3.63, 3.8) is 0 Å². The molecule has 2 aliphatic heterocycles. The molecule has 0 radical (unpaired) electrons. The maximum atomic E-state index is 11.8. The highest BCUT2D eigenvalue weighted by Gasteiger charge is 2.41. The minimum atomic E-state index is -0.918. The Bertz CT molecular complexity index is 232. The lowest BCUT2D eigenvalue weighted by molar-refractivity contribution is -0.159. The van der Waals surface area contributed by atoms with E-state index in [1.54, 1.807) is 0 Å². The molecule has 0 bridgehead atoms. The highest BCUT2D eigenvalue weighted by atomic mass is 16.6. The SMILES string of the molecule is NC1(C(=O)OC2CCOCC2)CCOC1. The first-order valence-electron chi connectivity index (χ1n) is 5.36. The predicted octanol–water partition coefficient (Wildman–Crippen LogP) is -0.174. The molecule has 0 amide bonds. The van der Waals surface area contributed by atoms with Gasteiger partial charge in [-0.3, -0.25) is 0 Å². The zero-order valence-electron chi connectivity index (χ0n) is 8.74. The van der Waals surface area contributed by atoms with Crippen LogP contribution in [0.1, 0.15) is 19.3 Å². The van der Waals surface area contributed by atoms with E-state index >= 15 is 0 Å². The van der Waals surface area contributed by atoms with Crippen LogP contribution in [0.3, 0.4) is 0 Å². The maximum absolute atomic E-state index is 11.8. The Kier molecular flexibility index (Phi) is 3.23. The number of hydrogen-bond acceptors (Lipinski definition) is 5. The van der Waals surface area contributed by atoms with Crippen LogP contribution in [0, 0.1) is 0 Å². The highest BCUT2D eigenvalue weighted by Crippen LogP contribution is 2.20. The van der Waals surface area contributed by atoms with Gasteiger partial charge >= 0.3 is 5.97 Å². The van der Waals surface area contributed by atoms with Gasteiger partial charge < -0.3 is 19.9 Å². The summed E-state index contributed by atoms with van der Waals surface area (Å²) in [5.41, 5.74) is 4.97. The summed E-state index contributed by atoms with van der Waals surface area (Å²) >= 11 is 0. The molecule has 0 aromatic heterocycles. The molecule has 2 aliphatic rings. The van der Waals surface area contributed by atoms with Crippen molar-refractivity contribution in [1.29, 1.82) is 0 Å². The predicted molar refractivity (Wildman–Crippen MR) is 52.3 cm³/mol. The lowest BCUT2D eigenvalue weighted by Crippen LogP contribution is -2.51. The standard InChI is InChI=1S/C10H17NO4/c11-10(3-6-14-7-10)9(12)15-8-1-4-13-5-2-8/h8H,1-7,11H2. The second-order valence-electron chi connectivity index (χ2n) is 4.18. The van der Waals surface area contributed by atoms with Gasteiger partial charge in [-0.1, -0.05) is 0 Å². The molecule has 86 valence electrons. The Labute approximate surface area is 88.9 Å². The first-order chi connectivity index (χ1) is 7.21. The molecule has 0 aliphatic carbocycles. The summed E-state index contributed by atoms with van der Waals surface area (Å²) in [4.78, 5) is 11.8.